The van der Waals surface area contributed by atoms with Gasteiger partial charge in [-0.05, 0) is 45.8 Å². The van der Waals surface area contributed by atoms with Crippen LogP contribution in [0.5, 0.6) is 11.5 Å². The molecule has 0 radical (unpaired) electrons. The molecule has 4 rings (SSSR count). The Morgan fingerprint density at radius 3 is 1.64 bits per heavy atom. The molecular weight excluding hydrogens is 316 g/mol. The minimum atomic E-state index is 0.101. The van der Waals surface area contributed by atoms with Crippen molar-refractivity contribution in [1.82, 2.24) is 0 Å². The van der Waals surface area contributed by atoms with E-state index in [1.165, 1.54) is 22.7 Å². The molecule has 4 aromatic rings. The van der Waals surface area contributed by atoms with Gasteiger partial charge in [-0.15, -0.1) is 22.7 Å². The lowest BCUT2D eigenvalue weighted by Crippen LogP contribution is -1.92. The molecule has 3 nitrogen and oxygen atoms in total. The molecule has 110 valence electrons. The molecule has 5 heteroatoms. The van der Waals surface area contributed by atoms with E-state index in [9.17, 15) is 4.79 Å². The Bertz CT molecular complexity index is 992. The Morgan fingerprint density at radius 1 is 0.773 bits per heavy atom. The van der Waals surface area contributed by atoms with Crippen LogP contribution in [0.25, 0.3) is 30.9 Å². The molecule has 0 aliphatic carbocycles. The highest BCUT2D eigenvalue weighted by Crippen LogP contribution is 2.39. The van der Waals surface area contributed by atoms with Gasteiger partial charge in [-0.25, -0.2) is 0 Å². The van der Waals surface area contributed by atoms with Gasteiger partial charge in [0.15, 0.2) is 11.5 Å². The highest BCUT2D eigenvalue weighted by Gasteiger charge is 2.14. The summed E-state index contributed by atoms with van der Waals surface area (Å²) in [6.45, 7) is 0. The number of fused-ring (bicyclic) bond motifs is 5. The standard InChI is InChI=1S/C17H12O3S2/c1-19-13-7-11-9-3-5-21-16(9)15(18)17-10(4-6-22-17)12(11)8-14(13)20-2/h3-8H,1-2H3. The van der Waals surface area contributed by atoms with Gasteiger partial charge in [-0.3, -0.25) is 4.79 Å². The summed E-state index contributed by atoms with van der Waals surface area (Å²) in [5.41, 5.74) is 0.101. The molecule has 22 heavy (non-hydrogen) atoms. The van der Waals surface area contributed by atoms with Crippen molar-refractivity contribution in [3.63, 3.8) is 0 Å². The second-order valence-electron chi connectivity index (χ2n) is 4.91. The number of rotatable bonds is 2. The molecule has 0 atom stereocenters. The Kier molecular flexibility index (Phi) is 3.06. The molecule has 0 aliphatic rings. The SMILES string of the molecule is COc1cc2c3ccsc3c(=O)c3sccc3c2cc1OC. The third-order valence-corrected chi connectivity index (χ3v) is 5.67. The van der Waals surface area contributed by atoms with Gasteiger partial charge < -0.3 is 9.47 Å². The molecule has 0 bridgehead atoms. The van der Waals surface area contributed by atoms with E-state index < -0.39 is 0 Å². The molecule has 0 saturated carbocycles. The Labute approximate surface area is 134 Å². The second kappa shape index (κ2) is 4.97. The molecule has 0 saturated heterocycles. The molecule has 0 unspecified atom stereocenters. The lowest BCUT2D eigenvalue weighted by atomic mass is 10.1. The number of hydrogen-bond acceptors (Lipinski definition) is 5. The van der Waals surface area contributed by atoms with E-state index in [1.807, 2.05) is 35.0 Å². The van der Waals surface area contributed by atoms with Gasteiger partial charge in [0.05, 0.1) is 23.6 Å². The van der Waals surface area contributed by atoms with E-state index in [1.54, 1.807) is 14.2 Å². The first-order chi connectivity index (χ1) is 10.7. The van der Waals surface area contributed by atoms with Crippen LogP contribution in [0.15, 0.2) is 39.8 Å². The van der Waals surface area contributed by atoms with Crippen LogP contribution in [0.3, 0.4) is 0 Å². The van der Waals surface area contributed by atoms with Crippen molar-refractivity contribution in [1.29, 1.82) is 0 Å². The summed E-state index contributed by atoms with van der Waals surface area (Å²) in [4.78, 5) is 12.8. The zero-order valence-corrected chi connectivity index (χ0v) is 13.6. The van der Waals surface area contributed by atoms with Crippen molar-refractivity contribution in [3.8, 4) is 11.5 Å². The van der Waals surface area contributed by atoms with E-state index in [-0.39, 0.29) is 5.43 Å². The summed E-state index contributed by atoms with van der Waals surface area (Å²) in [7, 11) is 3.24. The van der Waals surface area contributed by atoms with E-state index in [4.69, 9.17) is 9.47 Å². The fraction of sp³-hybridized carbons (Fsp3) is 0.118. The summed E-state index contributed by atoms with van der Waals surface area (Å²) in [6, 6.07) is 7.91. The van der Waals surface area contributed by atoms with Crippen LogP contribution in [-0.4, -0.2) is 14.2 Å². The van der Waals surface area contributed by atoms with Crippen molar-refractivity contribution in [3.05, 3.63) is 45.2 Å². The lowest BCUT2D eigenvalue weighted by Gasteiger charge is -2.08. The van der Waals surface area contributed by atoms with Crippen LogP contribution < -0.4 is 14.9 Å². The number of thiophene rings is 2. The number of methoxy groups -OCH3 is 2. The van der Waals surface area contributed by atoms with Gasteiger partial charge in [0.1, 0.15) is 0 Å². The maximum atomic E-state index is 12.8. The van der Waals surface area contributed by atoms with Crippen LogP contribution in [0.4, 0.5) is 0 Å². The first-order valence-corrected chi connectivity index (χ1v) is 8.47. The van der Waals surface area contributed by atoms with Crippen molar-refractivity contribution in [2.75, 3.05) is 14.2 Å². The first-order valence-electron chi connectivity index (χ1n) is 6.71. The van der Waals surface area contributed by atoms with Gasteiger partial charge in [-0.1, -0.05) is 0 Å². The van der Waals surface area contributed by atoms with Gasteiger partial charge >= 0.3 is 0 Å². The molecule has 0 N–H and O–H groups in total. The van der Waals surface area contributed by atoms with Gasteiger partial charge in [-0.2, -0.15) is 0 Å². The predicted octanol–water partition coefficient (Wildman–Crippen LogP) is 4.65. The summed E-state index contributed by atoms with van der Waals surface area (Å²) < 4.78 is 12.4. The summed E-state index contributed by atoms with van der Waals surface area (Å²) in [5, 5.41) is 7.88. The molecule has 0 fully saturated rings. The molecule has 0 amide bonds. The summed E-state index contributed by atoms with van der Waals surface area (Å²) in [5.74, 6) is 1.34. The summed E-state index contributed by atoms with van der Waals surface area (Å²) >= 11 is 2.97. The zero-order chi connectivity index (χ0) is 15.3. The van der Waals surface area contributed by atoms with Crippen molar-refractivity contribution < 1.29 is 9.47 Å². The van der Waals surface area contributed by atoms with Crippen LogP contribution in [0.2, 0.25) is 0 Å². The lowest BCUT2D eigenvalue weighted by molar-refractivity contribution is 0.356. The largest absolute Gasteiger partial charge is 0.493 e. The summed E-state index contributed by atoms with van der Waals surface area (Å²) in [6.07, 6.45) is 0. The third-order valence-electron chi connectivity index (χ3n) is 3.85. The van der Waals surface area contributed by atoms with Gasteiger partial charge in [0, 0.05) is 10.8 Å². The zero-order valence-electron chi connectivity index (χ0n) is 12.0. The normalized spacial score (nSPS) is 11.4. The predicted molar refractivity (Wildman–Crippen MR) is 94.1 cm³/mol. The third kappa shape index (κ3) is 1.76. The minimum absolute atomic E-state index is 0.101. The van der Waals surface area contributed by atoms with Gasteiger partial charge in [0.2, 0.25) is 5.43 Å². The fourth-order valence-electron chi connectivity index (χ4n) is 2.82. The maximum Gasteiger partial charge on any atom is 0.214 e. The van der Waals surface area contributed by atoms with Crippen LogP contribution in [0, 0.1) is 0 Å². The topological polar surface area (TPSA) is 35.5 Å². The molecule has 2 aromatic heterocycles. The van der Waals surface area contributed by atoms with E-state index >= 15 is 0 Å². The van der Waals surface area contributed by atoms with Crippen molar-refractivity contribution >= 4 is 53.6 Å². The Hall–Kier alpha value is -2.11. The second-order valence-corrected chi connectivity index (χ2v) is 6.74. The smallest absolute Gasteiger partial charge is 0.214 e. The Balaban J connectivity index is 2.39. The number of hydrogen-bond donors (Lipinski definition) is 0. The average Bonchev–Trinajstić information content (AvgIpc) is 3.20. The molecule has 0 spiro atoms. The molecule has 2 heterocycles. The van der Waals surface area contributed by atoms with Crippen molar-refractivity contribution in [2.45, 2.75) is 0 Å². The van der Waals surface area contributed by atoms with Crippen molar-refractivity contribution in [2.24, 2.45) is 0 Å². The minimum Gasteiger partial charge on any atom is -0.493 e. The Morgan fingerprint density at radius 2 is 1.23 bits per heavy atom. The van der Waals surface area contributed by atoms with Crippen LogP contribution >= 0.6 is 22.7 Å². The highest BCUT2D eigenvalue weighted by atomic mass is 32.1. The maximum absolute atomic E-state index is 12.8. The molecule has 0 aliphatic heterocycles. The highest BCUT2D eigenvalue weighted by molar-refractivity contribution is 7.19. The fourth-order valence-corrected chi connectivity index (χ4v) is 4.60. The number of ether oxygens (including phenoxy) is 2. The van der Waals surface area contributed by atoms with E-state index in [0.29, 0.717) is 11.5 Å². The monoisotopic (exact) mass is 328 g/mol. The first kappa shape index (κ1) is 13.5. The molecular formula is C17H12O3S2. The number of benzene rings is 1. The van der Waals surface area contributed by atoms with E-state index in [2.05, 4.69) is 0 Å². The average molecular weight is 328 g/mol. The quantitative estimate of drug-likeness (QED) is 0.537. The van der Waals surface area contributed by atoms with E-state index in [0.717, 1.165) is 30.9 Å². The van der Waals surface area contributed by atoms with Gasteiger partial charge in [0.25, 0.3) is 0 Å². The van der Waals surface area contributed by atoms with Crippen LogP contribution in [0.1, 0.15) is 0 Å². The van der Waals surface area contributed by atoms with Crippen LogP contribution in [-0.2, 0) is 0 Å². The molecule has 2 aromatic carbocycles.